The Labute approximate surface area is 113 Å². The molecule has 0 radical (unpaired) electrons. The predicted octanol–water partition coefficient (Wildman–Crippen LogP) is 3.29. The third-order valence-corrected chi connectivity index (χ3v) is 3.19. The van der Waals surface area contributed by atoms with E-state index in [-0.39, 0.29) is 0 Å². The van der Waals surface area contributed by atoms with Gasteiger partial charge in [-0.15, -0.1) is 0 Å². The van der Waals surface area contributed by atoms with Crippen LogP contribution < -0.4 is 4.74 Å². The fraction of sp³-hybridized carbons (Fsp3) is 0.312. The highest BCUT2D eigenvalue weighted by Crippen LogP contribution is 2.29. The summed E-state index contributed by atoms with van der Waals surface area (Å²) in [4.78, 5) is 4.22. The first kappa shape index (κ1) is 13.6. The number of hydrogen-bond donors (Lipinski definition) is 1. The number of hydrogen-bond acceptors (Lipinski definition) is 3. The average molecular weight is 257 g/mol. The minimum Gasteiger partial charge on any atom is -0.497 e. The highest BCUT2D eigenvalue weighted by atomic mass is 16.5. The molecule has 0 unspecified atom stereocenters. The zero-order chi connectivity index (χ0) is 14.0. The molecule has 0 fully saturated rings. The number of aromatic nitrogens is 1. The number of nitrogens with zero attached hydrogens (tertiary/aromatic N) is 1. The molecule has 19 heavy (non-hydrogen) atoms. The van der Waals surface area contributed by atoms with Gasteiger partial charge in [0.15, 0.2) is 0 Å². The molecule has 0 aliphatic rings. The van der Waals surface area contributed by atoms with Gasteiger partial charge >= 0.3 is 0 Å². The van der Waals surface area contributed by atoms with Gasteiger partial charge in [-0.1, -0.05) is 6.07 Å². The second-order valence-electron chi connectivity index (χ2n) is 5.20. The summed E-state index contributed by atoms with van der Waals surface area (Å²) in [6.45, 7) is 5.55. The number of pyridine rings is 1. The van der Waals surface area contributed by atoms with Crippen LogP contribution in [0.2, 0.25) is 0 Å². The van der Waals surface area contributed by atoms with Crippen molar-refractivity contribution in [1.29, 1.82) is 0 Å². The summed E-state index contributed by atoms with van der Waals surface area (Å²) in [5, 5.41) is 10.1. The maximum atomic E-state index is 10.1. The van der Waals surface area contributed by atoms with Crippen LogP contribution in [0.4, 0.5) is 0 Å². The van der Waals surface area contributed by atoms with Gasteiger partial charge in [0.25, 0.3) is 0 Å². The fourth-order valence-electron chi connectivity index (χ4n) is 2.01. The summed E-state index contributed by atoms with van der Waals surface area (Å²) in [5.74, 6) is 0.841. The third kappa shape index (κ3) is 2.93. The first-order valence-electron chi connectivity index (χ1n) is 6.25. The lowest BCUT2D eigenvalue weighted by Gasteiger charge is -2.18. The van der Waals surface area contributed by atoms with Gasteiger partial charge in [-0.3, -0.25) is 4.98 Å². The van der Waals surface area contributed by atoms with Crippen LogP contribution >= 0.6 is 0 Å². The molecule has 1 heterocycles. The number of aryl methyl sites for hydroxylation is 1. The van der Waals surface area contributed by atoms with Gasteiger partial charge in [0.1, 0.15) is 5.75 Å². The van der Waals surface area contributed by atoms with Gasteiger partial charge in [0, 0.05) is 23.5 Å². The molecule has 0 amide bonds. The monoisotopic (exact) mass is 257 g/mol. The van der Waals surface area contributed by atoms with Crippen molar-refractivity contribution in [1.82, 2.24) is 4.98 Å². The van der Waals surface area contributed by atoms with Gasteiger partial charge in [0.2, 0.25) is 0 Å². The Morgan fingerprint density at radius 1 is 1.16 bits per heavy atom. The average Bonchev–Trinajstić information content (AvgIpc) is 2.37. The van der Waals surface area contributed by atoms with Crippen LogP contribution in [0.15, 0.2) is 36.7 Å². The molecule has 0 spiro atoms. The van der Waals surface area contributed by atoms with E-state index >= 15 is 0 Å². The van der Waals surface area contributed by atoms with Crippen LogP contribution in [0, 0.1) is 6.92 Å². The first-order valence-corrected chi connectivity index (χ1v) is 6.25. The van der Waals surface area contributed by atoms with Crippen LogP contribution in [-0.4, -0.2) is 17.2 Å². The minimum absolute atomic E-state index is 0.806. The van der Waals surface area contributed by atoms with Crippen LogP contribution in [0.25, 0.3) is 11.1 Å². The largest absolute Gasteiger partial charge is 0.497 e. The molecule has 2 rings (SSSR count). The van der Waals surface area contributed by atoms with Gasteiger partial charge in [0.05, 0.1) is 12.7 Å². The Bertz CT molecular complexity index is 586. The Kier molecular flexibility index (Phi) is 3.58. The van der Waals surface area contributed by atoms with Crippen molar-refractivity contribution >= 4 is 0 Å². The van der Waals surface area contributed by atoms with Gasteiger partial charge in [-0.2, -0.15) is 0 Å². The Balaban J connectivity index is 2.48. The molecule has 2 aromatic rings. The summed E-state index contributed by atoms with van der Waals surface area (Å²) < 4.78 is 5.21. The first-order chi connectivity index (χ1) is 8.91. The summed E-state index contributed by atoms with van der Waals surface area (Å²) in [7, 11) is 1.66. The van der Waals surface area contributed by atoms with E-state index in [0.29, 0.717) is 0 Å². The molecule has 1 aromatic heterocycles. The fourth-order valence-corrected chi connectivity index (χ4v) is 2.01. The van der Waals surface area contributed by atoms with Crippen LogP contribution in [0.5, 0.6) is 5.75 Å². The minimum atomic E-state index is -0.886. The highest BCUT2D eigenvalue weighted by Gasteiger charge is 2.17. The number of benzene rings is 1. The normalized spacial score (nSPS) is 11.4. The Morgan fingerprint density at radius 2 is 1.89 bits per heavy atom. The summed E-state index contributed by atoms with van der Waals surface area (Å²) in [6.07, 6.45) is 3.51. The molecule has 1 N–H and O–H groups in total. The smallest absolute Gasteiger partial charge is 0.119 e. The predicted molar refractivity (Wildman–Crippen MR) is 76.2 cm³/mol. The molecule has 0 saturated carbocycles. The van der Waals surface area contributed by atoms with E-state index in [4.69, 9.17) is 4.74 Å². The quantitative estimate of drug-likeness (QED) is 0.917. The van der Waals surface area contributed by atoms with E-state index in [9.17, 15) is 5.11 Å². The lowest BCUT2D eigenvalue weighted by molar-refractivity contribution is 0.0783. The lowest BCUT2D eigenvalue weighted by Crippen LogP contribution is -2.15. The second kappa shape index (κ2) is 5.02. The van der Waals surface area contributed by atoms with Gasteiger partial charge in [-0.05, 0) is 50.1 Å². The topological polar surface area (TPSA) is 42.4 Å². The van der Waals surface area contributed by atoms with Crippen LogP contribution in [0.3, 0.4) is 0 Å². The third-order valence-electron chi connectivity index (χ3n) is 3.19. The van der Waals surface area contributed by atoms with E-state index in [2.05, 4.69) is 4.98 Å². The van der Waals surface area contributed by atoms with E-state index in [1.165, 1.54) is 0 Å². The SMILES string of the molecule is COc1ccc(-c2cncc(C(C)(C)O)c2)c(C)c1. The zero-order valence-corrected chi connectivity index (χ0v) is 11.8. The lowest BCUT2D eigenvalue weighted by atomic mass is 9.95. The maximum absolute atomic E-state index is 10.1. The molecule has 3 heteroatoms. The number of ether oxygens (including phenoxy) is 1. The van der Waals surface area contributed by atoms with Crippen molar-refractivity contribution in [3.8, 4) is 16.9 Å². The molecule has 100 valence electrons. The van der Waals surface area contributed by atoms with Gasteiger partial charge in [-0.25, -0.2) is 0 Å². The molecular formula is C16H19NO2. The molecule has 0 saturated heterocycles. The summed E-state index contributed by atoms with van der Waals surface area (Å²) in [5.41, 5.74) is 3.14. The van der Waals surface area contributed by atoms with E-state index in [0.717, 1.165) is 28.0 Å². The van der Waals surface area contributed by atoms with Gasteiger partial charge < -0.3 is 9.84 Å². The molecule has 3 nitrogen and oxygen atoms in total. The summed E-state index contributed by atoms with van der Waals surface area (Å²) in [6, 6.07) is 7.91. The van der Waals surface area contributed by atoms with Crippen LogP contribution in [-0.2, 0) is 5.60 Å². The summed E-state index contributed by atoms with van der Waals surface area (Å²) >= 11 is 0. The highest BCUT2D eigenvalue weighted by molar-refractivity contribution is 5.68. The van der Waals surface area contributed by atoms with E-state index in [1.54, 1.807) is 27.2 Å². The van der Waals surface area contributed by atoms with Crippen molar-refractivity contribution in [2.45, 2.75) is 26.4 Å². The van der Waals surface area contributed by atoms with Crippen molar-refractivity contribution in [3.05, 3.63) is 47.8 Å². The van der Waals surface area contributed by atoms with E-state index in [1.807, 2.05) is 37.4 Å². The Hall–Kier alpha value is -1.87. The maximum Gasteiger partial charge on any atom is 0.119 e. The molecule has 1 aromatic carbocycles. The van der Waals surface area contributed by atoms with Crippen molar-refractivity contribution in [2.75, 3.05) is 7.11 Å². The van der Waals surface area contributed by atoms with Crippen LogP contribution in [0.1, 0.15) is 25.0 Å². The number of aliphatic hydroxyl groups is 1. The zero-order valence-electron chi connectivity index (χ0n) is 11.8. The number of rotatable bonds is 3. The van der Waals surface area contributed by atoms with Crippen molar-refractivity contribution in [2.24, 2.45) is 0 Å². The molecule has 0 bridgehead atoms. The molecular weight excluding hydrogens is 238 g/mol. The molecule has 0 atom stereocenters. The second-order valence-corrected chi connectivity index (χ2v) is 5.20. The number of methoxy groups -OCH3 is 1. The Morgan fingerprint density at radius 3 is 2.47 bits per heavy atom. The van der Waals surface area contributed by atoms with E-state index < -0.39 is 5.60 Å². The molecule has 0 aliphatic carbocycles. The van der Waals surface area contributed by atoms with Crippen molar-refractivity contribution < 1.29 is 9.84 Å². The van der Waals surface area contributed by atoms with Crippen molar-refractivity contribution in [3.63, 3.8) is 0 Å². The molecule has 0 aliphatic heterocycles. The standard InChI is InChI=1S/C16H19NO2/c1-11-7-14(19-4)5-6-15(11)12-8-13(10-17-9-12)16(2,3)18/h5-10,18H,1-4H3.